The average Bonchev–Trinajstić information content (AvgIpc) is 2.48. The van der Waals surface area contributed by atoms with Gasteiger partial charge in [0.1, 0.15) is 0 Å². The number of nitrogen functional groups attached to an aromatic ring is 1. The van der Waals surface area contributed by atoms with E-state index in [1.54, 1.807) is 42.5 Å². The lowest BCUT2D eigenvalue weighted by atomic mass is 10.1. The van der Waals surface area contributed by atoms with Gasteiger partial charge in [0, 0.05) is 11.3 Å². The van der Waals surface area contributed by atoms with Gasteiger partial charge >= 0.3 is 0 Å². The number of anilines is 2. The van der Waals surface area contributed by atoms with E-state index in [0.29, 0.717) is 11.3 Å². The van der Waals surface area contributed by atoms with Crippen molar-refractivity contribution in [3.05, 3.63) is 59.2 Å². The molecule has 0 heterocycles. The molecule has 20 heavy (non-hydrogen) atoms. The van der Waals surface area contributed by atoms with Gasteiger partial charge in [-0.25, -0.2) is 0 Å². The average molecular weight is 271 g/mol. The number of hydrazine groups is 1. The summed E-state index contributed by atoms with van der Waals surface area (Å²) in [5.74, 6) is 5.17. The van der Waals surface area contributed by atoms with Gasteiger partial charge in [0.2, 0.25) is 0 Å². The van der Waals surface area contributed by atoms with Crippen LogP contribution in [0.1, 0.15) is 21.5 Å². The zero-order valence-corrected chi connectivity index (χ0v) is 11.2. The normalized spacial score (nSPS) is 10.2. The molecule has 2 aromatic rings. The number of nitrogens with two attached hydrogens (primary N) is 1. The van der Waals surface area contributed by atoms with Gasteiger partial charge in [-0.1, -0.05) is 12.1 Å². The number of hydrogen-bond donors (Lipinski definition) is 4. The standard InChI is InChI=1S/C15H17N3O2/c1-10-8-12(4-7-14(10)18-16)15(20)17-13-5-2-11(9-19)3-6-13/h2-8,18-19H,9,16H2,1H3,(H,17,20). The lowest BCUT2D eigenvalue weighted by Crippen LogP contribution is -2.13. The molecule has 1 amide bonds. The number of hydrogen-bond acceptors (Lipinski definition) is 4. The van der Waals surface area contributed by atoms with Crippen LogP contribution >= 0.6 is 0 Å². The van der Waals surface area contributed by atoms with Crippen LogP contribution in [0.5, 0.6) is 0 Å². The molecule has 0 unspecified atom stereocenters. The zero-order chi connectivity index (χ0) is 14.5. The molecule has 0 radical (unpaired) electrons. The number of rotatable bonds is 4. The number of carbonyl (C=O) groups excluding carboxylic acids is 1. The van der Waals surface area contributed by atoms with Crippen LogP contribution in [0, 0.1) is 6.92 Å². The fourth-order valence-electron chi connectivity index (χ4n) is 1.86. The van der Waals surface area contributed by atoms with E-state index in [-0.39, 0.29) is 12.5 Å². The predicted molar refractivity (Wildman–Crippen MR) is 79.3 cm³/mol. The molecule has 0 fully saturated rings. The van der Waals surface area contributed by atoms with E-state index >= 15 is 0 Å². The molecule has 5 nitrogen and oxygen atoms in total. The molecule has 0 saturated heterocycles. The Bertz CT molecular complexity index is 609. The number of aryl methyl sites for hydroxylation is 1. The monoisotopic (exact) mass is 271 g/mol. The van der Waals surface area contributed by atoms with Crippen LogP contribution in [0.15, 0.2) is 42.5 Å². The smallest absolute Gasteiger partial charge is 0.255 e. The first kappa shape index (κ1) is 14.0. The molecule has 104 valence electrons. The van der Waals surface area contributed by atoms with Crippen molar-refractivity contribution in [2.45, 2.75) is 13.5 Å². The van der Waals surface area contributed by atoms with Crippen molar-refractivity contribution >= 4 is 17.3 Å². The van der Waals surface area contributed by atoms with E-state index in [2.05, 4.69) is 10.7 Å². The highest BCUT2D eigenvalue weighted by atomic mass is 16.3. The van der Waals surface area contributed by atoms with Crippen molar-refractivity contribution in [1.82, 2.24) is 0 Å². The third-order valence-corrected chi connectivity index (χ3v) is 3.04. The first-order valence-electron chi connectivity index (χ1n) is 6.22. The van der Waals surface area contributed by atoms with Crippen LogP contribution in [0.25, 0.3) is 0 Å². The Morgan fingerprint density at radius 2 is 1.90 bits per heavy atom. The van der Waals surface area contributed by atoms with Gasteiger partial charge in [-0.2, -0.15) is 0 Å². The topological polar surface area (TPSA) is 87.4 Å². The minimum absolute atomic E-state index is 0.0129. The molecule has 5 heteroatoms. The third-order valence-electron chi connectivity index (χ3n) is 3.04. The molecule has 2 rings (SSSR count). The van der Waals surface area contributed by atoms with Gasteiger partial charge in [-0.3, -0.25) is 10.6 Å². The number of benzene rings is 2. The molecule has 0 aliphatic carbocycles. The molecule has 0 aliphatic heterocycles. The van der Waals surface area contributed by atoms with E-state index in [1.807, 2.05) is 6.92 Å². The zero-order valence-electron chi connectivity index (χ0n) is 11.2. The van der Waals surface area contributed by atoms with Gasteiger partial charge in [0.25, 0.3) is 5.91 Å². The van der Waals surface area contributed by atoms with Gasteiger partial charge < -0.3 is 15.8 Å². The molecule has 5 N–H and O–H groups in total. The second-order valence-electron chi connectivity index (χ2n) is 4.48. The third kappa shape index (κ3) is 3.14. The van der Waals surface area contributed by atoms with Gasteiger partial charge in [0.15, 0.2) is 0 Å². The Hall–Kier alpha value is -2.37. The highest BCUT2D eigenvalue weighted by Gasteiger charge is 2.07. The van der Waals surface area contributed by atoms with Crippen molar-refractivity contribution in [2.24, 2.45) is 5.84 Å². The fourth-order valence-corrected chi connectivity index (χ4v) is 1.86. The predicted octanol–water partition coefficient (Wildman–Crippen LogP) is 2.03. The van der Waals surface area contributed by atoms with E-state index < -0.39 is 0 Å². The van der Waals surface area contributed by atoms with E-state index in [4.69, 9.17) is 10.9 Å². The summed E-state index contributed by atoms with van der Waals surface area (Å²) in [4.78, 5) is 12.1. The number of carbonyl (C=O) groups is 1. The van der Waals surface area contributed by atoms with Crippen molar-refractivity contribution in [3.63, 3.8) is 0 Å². The number of aliphatic hydroxyl groups is 1. The summed E-state index contributed by atoms with van der Waals surface area (Å²) in [5, 5.41) is 11.8. The van der Waals surface area contributed by atoms with Crippen LogP contribution in [-0.4, -0.2) is 11.0 Å². The Labute approximate surface area is 117 Å². The van der Waals surface area contributed by atoms with Gasteiger partial charge in [0.05, 0.1) is 12.3 Å². The molecular weight excluding hydrogens is 254 g/mol. The molecular formula is C15H17N3O2. The SMILES string of the molecule is Cc1cc(C(=O)Nc2ccc(CO)cc2)ccc1NN. The van der Waals surface area contributed by atoms with Crippen LogP contribution < -0.4 is 16.6 Å². The Balaban J connectivity index is 2.12. The summed E-state index contributed by atoms with van der Waals surface area (Å²) in [6.07, 6.45) is 0. The van der Waals surface area contributed by atoms with Crippen LogP contribution in [0.3, 0.4) is 0 Å². The molecule has 0 aromatic heterocycles. The Morgan fingerprint density at radius 3 is 2.45 bits per heavy atom. The summed E-state index contributed by atoms with van der Waals surface area (Å²) >= 11 is 0. The molecule has 0 atom stereocenters. The van der Waals surface area contributed by atoms with Gasteiger partial charge in [-0.15, -0.1) is 0 Å². The summed E-state index contributed by atoms with van der Waals surface area (Å²) in [6.45, 7) is 1.86. The number of amides is 1. The molecule has 0 bridgehead atoms. The van der Waals surface area contributed by atoms with Crippen molar-refractivity contribution in [3.8, 4) is 0 Å². The minimum atomic E-state index is -0.187. The van der Waals surface area contributed by atoms with Crippen LogP contribution in [0.4, 0.5) is 11.4 Å². The first-order chi connectivity index (χ1) is 9.63. The van der Waals surface area contributed by atoms with Crippen molar-refractivity contribution in [2.75, 3.05) is 10.7 Å². The maximum absolute atomic E-state index is 12.1. The quantitative estimate of drug-likeness (QED) is 0.506. The van der Waals surface area contributed by atoms with E-state index in [1.165, 1.54) is 0 Å². The highest BCUT2D eigenvalue weighted by Crippen LogP contribution is 2.17. The molecule has 0 aliphatic rings. The Kier molecular flexibility index (Phi) is 4.34. The van der Waals surface area contributed by atoms with Crippen LogP contribution in [0.2, 0.25) is 0 Å². The molecule has 2 aromatic carbocycles. The number of aliphatic hydroxyl groups excluding tert-OH is 1. The maximum atomic E-state index is 12.1. The second kappa shape index (κ2) is 6.18. The first-order valence-corrected chi connectivity index (χ1v) is 6.22. The summed E-state index contributed by atoms with van der Waals surface area (Å²) < 4.78 is 0. The minimum Gasteiger partial charge on any atom is -0.392 e. The maximum Gasteiger partial charge on any atom is 0.255 e. The second-order valence-corrected chi connectivity index (χ2v) is 4.48. The van der Waals surface area contributed by atoms with Crippen molar-refractivity contribution in [1.29, 1.82) is 0 Å². The fraction of sp³-hybridized carbons (Fsp3) is 0.133. The molecule has 0 saturated carbocycles. The number of nitrogens with one attached hydrogen (secondary N) is 2. The summed E-state index contributed by atoms with van der Waals surface area (Å²) in [5.41, 5.74) is 6.30. The Morgan fingerprint density at radius 1 is 1.20 bits per heavy atom. The lowest BCUT2D eigenvalue weighted by molar-refractivity contribution is 0.102. The van der Waals surface area contributed by atoms with Crippen molar-refractivity contribution < 1.29 is 9.90 Å². The van der Waals surface area contributed by atoms with E-state index in [9.17, 15) is 4.79 Å². The van der Waals surface area contributed by atoms with Crippen LogP contribution in [-0.2, 0) is 6.61 Å². The highest BCUT2D eigenvalue weighted by molar-refractivity contribution is 6.04. The lowest BCUT2D eigenvalue weighted by Gasteiger charge is -2.09. The summed E-state index contributed by atoms with van der Waals surface area (Å²) in [7, 11) is 0. The van der Waals surface area contributed by atoms with Gasteiger partial charge in [-0.05, 0) is 48.4 Å². The van der Waals surface area contributed by atoms with E-state index in [0.717, 1.165) is 16.8 Å². The summed E-state index contributed by atoms with van der Waals surface area (Å²) in [6, 6.07) is 12.3. The molecule has 0 spiro atoms. The largest absolute Gasteiger partial charge is 0.392 e.